The van der Waals surface area contributed by atoms with Gasteiger partial charge in [-0.05, 0) is 62.7 Å². The molecule has 1 amide bonds. The second-order valence-electron chi connectivity index (χ2n) is 8.91. The van der Waals surface area contributed by atoms with Gasteiger partial charge in [0.25, 0.3) is 11.5 Å². The number of H-pyrrole nitrogens is 1. The standard InChI is InChI=1S/C19H26N2O4S/c22-17(15-16(18(23)21-25-15)26-13-3-1-2-4-13)20-14-11-5-10-6-12(14)9-19(24,7-10)8-11/h10-14,24H,1-9H2,(H,20,22)(H,21,23). The SMILES string of the molecule is O=C(NC1C2CC3CC1CC(O)(C3)C2)c1o[nH]c(=O)c1SC1CCCC1. The first kappa shape index (κ1) is 16.9. The van der Waals surface area contributed by atoms with Crippen LogP contribution in [-0.4, -0.2) is 33.1 Å². The molecular weight excluding hydrogens is 352 g/mol. The number of rotatable bonds is 4. The zero-order valence-electron chi connectivity index (χ0n) is 14.8. The van der Waals surface area contributed by atoms with E-state index in [1.807, 2.05) is 0 Å². The molecule has 0 aromatic carbocycles. The van der Waals surface area contributed by atoms with Crippen molar-refractivity contribution in [3.8, 4) is 0 Å². The summed E-state index contributed by atoms with van der Waals surface area (Å²) in [6.07, 6.45) is 9.21. The molecule has 2 unspecified atom stereocenters. The Morgan fingerprint density at radius 3 is 2.54 bits per heavy atom. The minimum Gasteiger partial charge on any atom is -0.390 e. The molecule has 0 saturated heterocycles. The van der Waals surface area contributed by atoms with E-state index >= 15 is 0 Å². The van der Waals surface area contributed by atoms with E-state index in [2.05, 4.69) is 10.5 Å². The lowest BCUT2D eigenvalue weighted by Crippen LogP contribution is -2.61. The maximum absolute atomic E-state index is 12.9. The van der Waals surface area contributed by atoms with Crippen LogP contribution in [0.5, 0.6) is 0 Å². The van der Waals surface area contributed by atoms with Crippen LogP contribution in [0.3, 0.4) is 0 Å². The fraction of sp³-hybridized carbons (Fsp3) is 0.789. The van der Waals surface area contributed by atoms with E-state index in [4.69, 9.17) is 4.52 Å². The van der Waals surface area contributed by atoms with Gasteiger partial charge in [-0.1, -0.05) is 12.8 Å². The number of nitrogens with one attached hydrogen (secondary N) is 2. The predicted molar refractivity (Wildman–Crippen MR) is 97.2 cm³/mol. The van der Waals surface area contributed by atoms with Gasteiger partial charge in [0.1, 0.15) is 4.90 Å². The Kier molecular flexibility index (Phi) is 4.01. The highest BCUT2D eigenvalue weighted by molar-refractivity contribution is 8.00. The highest BCUT2D eigenvalue weighted by Crippen LogP contribution is 2.55. The summed E-state index contributed by atoms with van der Waals surface area (Å²) < 4.78 is 5.26. The Hall–Kier alpha value is -1.21. The van der Waals surface area contributed by atoms with Crippen molar-refractivity contribution in [2.75, 3.05) is 0 Å². The van der Waals surface area contributed by atoms with E-state index in [-0.39, 0.29) is 23.3 Å². The lowest BCUT2D eigenvalue weighted by molar-refractivity contribution is -0.137. The average Bonchev–Trinajstić information content (AvgIpc) is 3.20. The molecular formula is C19H26N2O4S. The molecule has 142 valence electrons. The van der Waals surface area contributed by atoms with Crippen LogP contribution in [0.15, 0.2) is 14.2 Å². The van der Waals surface area contributed by atoms with Crippen molar-refractivity contribution in [1.82, 2.24) is 10.5 Å². The number of carbonyl (C=O) groups excluding carboxylic acids is 1. The van der Waals surface area contributed by atoms with Gasteiger partial charge in [-0.15, -0.1) is 11.8 Å². The van der Waals surface area contributed by atoms with Crippen molar-refractivity contribution in [3.63, 3.8) is 0 Å². The van der Waals surface area contributed by atoms with Gasteiger partial charge in [-0.25, -0.2) is 0 Å². The third-order valence-corrected chi connectivity index (χ3v) is 8.40. The molecule has 0 radical (unpaired) electrons. The summed E-state index contributed by atoms with van der Waals surface area (Å²) in [6, 6.07) is 0.0869. The van der Waals surface area contributed by atoms with Crippen molar-refractivity contribution in [2.45, 2.75) is 79.6 Å². The number of aliphatic hydroxyl groups is 1. The van der Waals surface area contributed by atoms with E-state index in [9.17, 15) is 14.7 Å². The van der Waals surface area contributed by atoms with Crippen molar-refractivity contribution in [1.29, 1.82) is 0 Å². The second kappa shape index (κ2) is 6.16. The molecule has 7 heteroatoms. The van der Waals surface area contributed by atoms with Crippen LogP contribution in [0.25, 0.3) is 0 Å². The maximum atomic E-state index is 12.9. The average molecular weight is 378 g/mol. The predicted octanol–water partition coefficient (Wildman–Crippen LogP) is 2.67. The largest absolute Gasteiger partial charge is 0.390 e. The topological polar surface area (TPSA) is 95.3 Å². The minimum atomic E-state index is -0.512. The van der Waals surface area contributed by atoms with Crippen molar-refractivity contribution in [2.24, 2.45) is 17.8 Å². The van der Waals surface area contributed by atoms with Gasteiger partial charge in [0.05, 0.1) is 5.60 Å². The lowest BCUT2D eigenvalue weighted by atomic mass is 9.52. The monoisotopic (exact) mass is 378 g/mol. The number of amides is 1. The molecule has 0 aliphatic heterocycles. The van der Waals surface area contributed by atoms with Gasteiger partial charge in [0.2, 0.25) is 5.76 Å². The fourth-order valence-corrected chi connectivity index (χ4v) is 7.45. The maximum Gasteiger partial charge on any atom is 0.294 e. The smallest absolute Gasteiger partial charge is 0.294 e. The Balaban J connectivity index is 1.33. The van der Waals surface area contributed by atoms with Gasteiger partial charge >= 0.3 is 0 Å². The molecule has 5 fully saturated rings. The number of hydrogen-bond acceptors (Lipinski definition) is 5. The summed E-state index contributed by atoms with van der Waals surface area (Å²) >= 11 is 1.49. The first-order valence-corrected chi connectivity index (χ1v) is 10.8. The summed E-state index contributed by atoms with van der Waals surface area (Å²) in [5.74, 6) is 1.13. The molecule has 1 aromatic rings. The fourth-order valence-electron chi connectivity index (χ4n) is 6.16. The third-order valence-electron chi connectivity index (χ3n) is 6.99. The summed E-state index contributed by atoms with van der Waals surface area (Å²) in [4.78, 5) is 25.4. The molecule has 5 aliphatic carbocycles. The quantitative estimate of drug-likeness (QED) is 0.749. The molecule has 5 saturated carbocycles. The van der Waals surface area contributed by atoms with E-state index in [1.165, 1.54) is 24.6 Å². The van der Waals surface area contributed by atoms with Crippen molar-refractivity contribution < 1.29 is 14.4 Å². The molecule has 0 spiro atoms. The number of carbonyl (C=O) groups is 1. The van der Waals surface area contributed by atoms with Gasteiger partial charge in [0, 0.05) is 11.3 Å². The summed E-state index contributed by atoms with van der Waals surface area (Å²) in [6.45, 7) is 0. The summed E-state index contributed by atoms with van der Waals surface area (Å²) in [5.41, 5.74) is -0.812. The highest BCUT2D eigenvalue weighted by atomic mass is 32.2. The minimum absolute atomic E-state index is 0.0869. The van der Waals surface area contributed by atoms with Crippen LogP contribution in [0.4, 0.5) is 0 Å². The molecule has 6 rings (SSSR count). The van der Waals surface area contributed by atoms with Crippen molar-refractivity contribution >= 4 is 17.7 Å². The first-order chi connectivity index (χ1) is 12.5. The Morgan fingerprint density at radius 1 is 1.19 bits per heavy atom. The lowest BCUT2D eigenvalue weighted by Gasteiger charge is -2.58. The Morgan fingerprint density at radius 2 is 1.88 bits per heavy atom. The third kappa shape index (κ3) is 2.83. The Labute approximate surface area is 156 Å². The molecule has 26 heavy (non-hydrogen) atoms. The van der Waals surface area contributed by atoms with Crippen LogP contribution in [0, 0.1) is 17.8 Å². The number of aromatic nitrogens is 1. The van der Waals surface area contributed by atoms with Crippen LogP contribution in [0.1, 0.15) is 68.3 Å². The molecule has 6 nitrogen and oxygen atoms in total. The van der Waals surface area contributed by atoms with Gasteiger partial charge in [0.15, 0.2) is 0 Å². The van der Waals surface area contributed by atoms with E-state index in [0.717, 1.165) is 44.9 Å². The van der Waals surface area contributed by atoms with E-state index < -0.39 is 5.60 Å². The molecule has 2 atom stereocenters. The summed E-state index contributed by atoms with van der Waals surface area (Å²) in [5, 5.41) is 16.6. The van der Waals surface area contributed by atoms with E-state index in [0.29, 0.717) is 27.9 Å². The Bertz CT molecular complexity index is 750. The first-order valence-electron chi connectivity index (χ1n) is 9.92. The van der Waals surface area contributed by atoms with Gasteiger partial charge in [-0.3, -0.25) is 9.59 Å². The molecule has 5 aliphatic rings. The van der Waals surface area contributed by atoms with Crippen LogP contribution in [-0.2, 0) is 0 Å². The number of hydrogen-bond donors (Lipinski definition) is 3. The molecule has 1 aromatic heterocycles. The number of aromatic amines is 1. The van der Waals surface area contributed by atoms with Crippen LogP contribution < -0.4 is 10.9 Å². The molecule has 3 N–H and O–H groups in total. The summed E-state index contributed by atoms with van der Waals surface area (Å²) in [7, 11) is 0. The van der Waals surface area contributed by atoms with Crippen LogP contribution in [0.2, 0.25) is 0 Å². The second-order valence-corrected chi connectivity index (χ2v) is 10.2. The normalized spacial score (nSPS) is 38.8. The number of thioether (sulfide) groups is 1. The molecule has 1 heterocycles. The highest BCUT2D eigenvalue weighted by Gasteiger charge is 2.55. The van der Waals surface area contributed by atoms with Gasteiger partial charge in [-0.2, -0.15) is 5.16 Å². The van der Waals surface area contributed by atoms with Crippen molar-refractivity contribution in [3.05, 3.63) is 16.1 Å². The zero-order chi connectivity index (χ0) is 17.9. The zero-order valence-corrected chi connectivity index (χ0v) is 15.6. The van der Waals surface area contributed by atoms with Gasteiger partial charge < -0.3 is 14.9 Å². The van der Waals surface area contributed by atoms with E-state index in [1.54, 1.807) is 0 Å². The molecule has 4 bridgehead atoms. The van der Waals surface area contributed by atoms with Crippen LogP contribution >= 0.6 is 11.8 Å².